The molecule has 0 aromatic heterocycles. The largest absolute Gasteiger partial charge is 0.489 e. The van der Waals surface area contributed by atoms with Gasteiger partial charge >= 0.3 is 0 Å². The summed E-state index contributed by atoms with van der Waals surface area (Å²) in [5.41, 5.74) is 2.15. The zero-order chi connectivity index (χ0) is 14.7. The lowest BCUT2D eigenvalue weighted by atomic mass is 9.65. The molecule has 3 aliphatic heterocycles. The molecule has 1 aliphatic carbocycles. The van der Waals surface area contributed by atoms with Crippen molar-refractivity contribution in [3.05, 3.63) is 35.5 Å². The quantitative estimate of drug-likeness (QED) is 0.783. The Kier molecular flexibility index (Phi) is 3.85. The Labute approximate surface area is 139 Å². The van der Waals surface area contributed by atoms with Gasteiger partial charge in [-0.25, -0.2) is 0 Å². The smallest absolute Gasteiger partial charge is 0.128 e. The average molecular weight is 324 g/mol. The van der Waals surface area contributed by atoms with Gasteiger partial charge in [-0.15, -0.1) is 12.4 Å². The van der Waals surface area contributed by atoms with Crippen LogP contribution in [0, 0.1) is 5.41 Å². The zero-order valence-electron chi connectivity index (χ0n) is 13.5. The summed E-state index contributed by atoms with van der Waals surface area (Å²) < 4.78 is 6.37. The fourth-order valence-electron chi connectivity index (χ4n) is 4.41. The van der Waals surface area contributed by atoms with Gasteiger partial charge in [-0.2, -0.15) is 0 Å². The molecule has 1 spiro atoms. The molecule has 0 aromatic carbocycles. The Morgan fingerprint density at radius 1 is 1.32 bits per heavy atom. The molecular weight excluding hydrogens is 298 g/mol. The van der Waals surface area contributed by atoms with E-state index in [-0.39, 0.29) is 23.9 Å². The van der Waals surface area contributed by atoms with Crippen LogP contribution in [0.15, 0.2) is 35.5 Å². The Bertz CT molecular complexity index is 558. The molecule has 0 bridgehead atoms. The van der Waals surface area contributed by atoms with Gasteiger partial charge in [0.05, 0.1) is 16.7 Å². The van der Waals surface area contributed by atoms with E-state index in [2.05, 4.69) is 23.4 Å². The summed E-state index contributed by atoms with van der Waals surface area (Å²) in [6, 6.07) is 0. The topological polar surface area (TPSA) is 32.7 Å². The third kappa shape index (κ3) is 2.21. The molecule has 1 saturated heterocycles. The number of halogens is 1. The van der Waals surface area contributed by atoms with Crippen molar-refractivity contribution in [3.8, 4) is 0 Å². The first-order valence-corrected chi connectivity index (χ1v) is 8.29. The first-order valence-electron chi connectivity index (χ1n) is 8.29. The number of allylic oxidation sites excluding steroid dienone is 3. The van der Waals surface area contributed by atoms with E-state index in [0.717, 1.165) is 19.3 Å². The van der Waals surface area contributed by atoms with Crippen LogP contribution in [0.5, 0.6) is 0 Å². The van der Waals surface area contributed by atoms with Crippen molar-refractivity contribution >= 4 is 12.4 Å². The lowest BCUT2D eigenvalue weighted by Crippen LogP contribution is -2.37. The van der Waals surface area contributed by atoms with Crippen molar-refractivity contribution in [1.82, 2.24) is 4.90 Å². The number of rotatable bonds is 1. The minimum Gasteiger partial charge on any atom is -0.489 e. The maximum atomic E-state index is 10.5. The molecular formula is C18H26ClNO2. The molecule has 4 heteroatoms. The number of ether oxygens (including phenoxy) is 1. The lowest BCUT2D eigenvalue weighted by Gasteiger charge is -2.43. The maximum absolute atomic E-state index is 10.5. The number of fused-ring (bicyclic) bond motifs is 1. The molecule has 1 saturated carbocycles. The zero-order valence-corrected chi connectivity index (χ0v) is 14.3. The first-order chi connectivity index (χ1) is 10.0. The van der Waals surface area contributed by atoms with Crippen molar-refractivity contribution in [3.63, 3.8) is 0 Å². The molecule has 2 unspecified atom stereocenters. The van der Waals surface area contributed by atoms with Gasteiger partial charge in [-0.1, -0.05) is 12.5 Å². The van der Waals surface area contributed by atoms with Gasteiger partial charge in [0.2, 0.25) is 0 Å². The van der Waals surface area contributed by atoms with Gasteiger partial charge in [-0.05, 0) is 51.5 Å². The fraction of sp³-hybridized carbons (Fsp3) is 0.667. The highest BCUT2D eigenvalue weighted by molar-refractivity contribution is 5.85. The van der Waals surface area contributed by atoms with Crippen molar-refractivity contribution in [2.24, 2.45) is 5.41 Å². The van der Waals surface area contributed by atoms with Gasteiger partial charge in [0, 0.05) is 18.8 Å². The molecule has 22 heavy (non-hydrogen) atoms. The van der Waals surface area contributed by atoms with Crippen molar-refractivity contribution in [2.45, 2.75) is 70.5 Å². The molecule has 3 heterocycles. The third-order valence-electron chi connectivity index (χ3n) is 5.61. The number of aliphatic hydroxyl groups is 1. The number of nitrogens with zero attached hydrogens (tertiary/aromatic N) is 1. The molecule has 3 nitrogen and oxygen atoms in total. The van der Waals surface area contributed by atoms with Crippen LogP contribution in [0.2, 0.25) is 0 Å². The van der Waals surface area contributed by atoms with E-state index in [1.54, 1.807) is 0 Å². The van der Waals surface area contributed by atoms with E-state index in [9.17, 15) is 5.11 Å². The number of hydrogen-bond acceptors (Lipinski definition) is 3. The predicted molar refractivity (Wildman–Crippen MR) is 89.3 cm³/mol. The van der Waals surface area contributed by atoms with Crippen LogP contribution in [0.1, 0.15) is 58.8 Å². The van der Waals surface area contributed by atoms with E-state index >= 15 is 0 Å². The molecule has 0 aromatic rings. The minimum atomic E-state index is -0.780. The molecule has 2 atom stereocenters. The molecule has 0 amide bonds. The maximum Gasteiger partial charge on any atom is 0.128 e. The monoisotopic (exact) mass is 323 g/mol. The van der Waals surface area contributed by atoms with Crippen LogP contribution in [0.25, 0.3) is 0 Å². The van der Waals surface area contributed by atoms with Crippen molar-refractivity contribution in [1.29, 1.82) is 0 Å². The van der Waals surface area contributed by atoms with Crippen LogP contribution >= 0.6 is 12.4 Å². The molecule has 4 aliphatic rings. The number of hydrogen-bond donors (Lipinski definition) is 1. The molecule has 122 valence electrons. The fourth-order valence-corrected chi connectivity index (χ4v) is 4.41. The van der Waals surface area contributed by atoms with Crippen LogP contribution in [-0.4, -0.2) is 21.7 Å². The lowest BCUT2D eigenvalue weighted by molar-refractivity contribution is -0.0458. The van der Waals surface area contributed by atoms with Gasteiger partial charge in [-0.3, -0.25) is 0 Å². The second-order valence-corrected chi connectivity index (χ2v) is 7.51. The van der Waals surface area contributed by atoms with Gasteiger partial charge in [0.15, 0.2) is 0 Å². The van der Waals surface area contributed by atoms with Gasteiger partial charge < -0.3 is 14.7 Å². The van der Waals surface area contributed by atoms with E-state index in [4.69, 9.17) is 4.74 Å². The third-order valence-corrected chi connectivity index (χ3v) is 5.61. The van der Waals surface area contributed by atoms with Crippen LogP contribution < -0.4 is 0 Å². The summed E-state index contributed by atoms with van der Waals surface area (Å²) in [7, 11) is 0. The van der Waals surface area contributed by atoms with Crippen LogP contribution in [0.3, 0.4) is 0 Å². The Morgan fingerprint density at radius 3 is 2.91 bits per heavy atom. The molecule has 2 fully saturated rings. The second-order valence-electron chi connectivity index (χ2n) is 7.51. The summed E-state index contributed by atoms with van der Waals surface area (Å²) in [5.74, 6) is 1.18. The Morgan fingerprint density at radius 2 is 2.14 bits per heavy atom. The van der Waals surface area contributed by atoms with Crippen LogP contribution in [0.4, 0.5) is 0 Å². The van der Waals surface area contributed by atoms with Crippen LogP contribution in [-0.2, 0) is 4.74 Å². The summed E-state index contributed by atoms with van der Waals surface area (Å²) in [6.45, 7) is 3.75. The summed E-state index contributed by atoms with van der Waals surface area (Å²) in [5, 5.41) is 10.5. The van der Waals surface area contributed by atoms with Gasteiger partial charge in [0.1, 0.15) is 11.9 Å². The Balaban J connectivity index is 0.00000144. The summed E-state index contributed by atoms with van der Waals surface area (Å²) in [6.07, 6.45) is 14.7. The van der Waals surface area contributed by atoms with E-state index < -0.39 is 5.60 Å². The van der Waals surface area contributed by atoms with Crippen molar-refractivity contribution in [2.75, 3.05) is 0 Å². The average Bonchev–Trinajstić information content (AvgIpc) is 2.85. The minimum absolute atomic E-state index is 0. The normalized spacial score (nSPS) is 33.3. The first kappa shape index (κ1) is 15.9. The molecule has 1 N–H and O–H groups in total. The molecule has 4 rings (SSSR count). The standard InChI is InChI=1S/C18H25NO2.ClH/c1-17(2,20)15-11-18-9-5-3-7-13(18)12-19-10-6-4-8-14(19)16(18)21-15;/h6,10,12,15,20H,3-5,7-9,11H2,1-2H3;1H. The Hall–Kier alpha value is -0.930. The highest BCUT2D eigenvalue weighted by atomic mass is 35.5. The van der Waals surface area contributed by atoms with Crippen molar-refractivity contribution < 1.29 is 9.84 Å². The SMILES string of the molecule is CC(C)(O)C1CC23CCCCC2=CN2C=CCCC2=C3O1.Cl. The molecule has 0 radical (unpaired) electrons. The second kappa shape index (κ2) is 5.31. The predicted octanol–water partition coefficient (Wildman–Crippen LogP) is 4.25. The highest BCUT2D eigenvalue weighted by Gasteiger charge is 2.55. The summed E-state index contributed by atoms with van der Waals surface area (Å²) >= 11 is 0. The van der Waals surface area contributed by atoms with Gasteiger partial charge in [0.25, 0.3) is 0 Å². The van der Waals surface area contributed by atoms with E-state index in [1.165, 1.54) is 42.7 Å². The van der Waals surface area contributed by atoms with E-state index in [1.807, 2.05) is 13.8 Å². The highest BCUT2D eigenvalue weighted by Crippen LogP contribution is 2.59. The summed E-state index contributed by atoms with van der Waals surface area (Å²) in [4.78, 5) is 2.27. The van der Waals surface area contributed by atoms with E-state index in [0.29, 0.717) is 0 Å².